The Bertz CT molecular complexity index is 1660. The van der Waals surface area contributed by atoms with Gasteiger partial charge in [0.05, 0.1) is 23.1 Å². The molecule has 5 rings (SSSR count). The van der Waals surface area contributed by atoms with E-state index in [1.54, 1.807) is 4.90 Å². The molecule has 0 radical (unpaired) electrons. The normalized spacial score (nSPS) is 22.1. The highest BCUT2D eigenvalue weighted by atomic mass is 32.2. The van der Waals surface area contributed by atoms with Crippen molar-refractivity contribution in [1.82, 2.24) is 26.2 Å². The Hall–Kier alpha value is -3.74. The highest BCUT2D eigenvalue weighted by Crippen LogP contribution is 2.36. The summed E-state index contributed by atoms with van der Waals surface area (Å²) >= 11 is 0. The van der Waals surface area contributed by atoms with Gasteiger partial charge in [-0.2, -0.15) is 0 Å². The van der Waals surface area contributed by atoms with Crippen molar-refractivity contribution >= 4 is 39.4 Å². The first-order chi connectivity index (χ1) is 26.1. The van der Waals surface area contributed by atoms with Crippen molar-refractivity contribution < 1.29 is 32.4 Å². The first-order valence-electron chi connectivity index (χ1n) is 20.5. The van der Waals surface area contributed by atoms with Crippen molar-refractivity contribution in [3.8, 4) is 0 Å². The quantitative estimate of drug-likeness (QED) is 0.127. The molecule has 3 fully saturated rings. The van der Waals surface area contributed by atoms with Crippen LogP contribution in [-0.2, 0) is 41.9 Å². The van der Waals surface area contributed by atoms with Crippen molar-refractivity contribution in [2.45, 2.75) is 128 Å². The number of hydrogen-bond acceptors (Lipinski definition) is 7. The molecule has 1 aromatic rings. The van der Waals surface area contributed by atoms with Gasteiger partial charge in [-0.1, -0.05) is 90.1 Å². The molecule has 4 atom stereocenters. The van der Waals surface area contributed by atoms with Crippen LogP contribution in [0.25, 0.3) is 0 Å². The van der Waals surface area contributed by atoms with Gasteiger partial charge in [0, 0.05) is 13.1 Å². The molecule has 12 nitrogen and oxygen atoms in total. The number of fused-ring (bicyclic) bond motifs is 1. The molecule has 4 aliphatic rings. The third kappa shape index (κ3) is 11.4. The number of sulfone groups is 1. The second-order valence-electron chi connectivity index (χ2n) is 17.5. The van der Waals surface area contributed by atoms with Gasteiger partial charge >= 0.3 is 6.03 Å². The largest absolute Gasteiger partial charge is 0.346 e. The van der Waals surface area contributed by atoms with Gasteiger partial charge in [0.25, 0.3) is 5.91 Å². The molecule has 1 aliphatic heterocycles. The Morgan fingerprint density at radius 3 is 2.18 bits per heavy atom. The summed E-state index contributed by atoms with van der Waals surface area (Å²) in [5.41, 5.74) is 1.25. The minimum absolute atomic E-state index is 0.00928. The van der Waals surface area contributed by atoms with Crippen molar-refractivity contribution in [1.29, 1.82) is 0 Å². The van der Waals surface area contributed by atoms with E-state index in [4.69, 9.17) is 0 Å². The number of likely N-dealkylation sites (tertiary alicyclic amines) is 1. The second kappa shape index (κ2) is 18.5. The maximum atomic E-state index is 15.0. The molecule has 0 bridgehead atoms. The van der Waals surface area contributed by atoms with Crippen molar-refractivity contribution in [2.24, 2.45) is 29.6 Å². The van der Waals surface area contributed by atoms with Gasteiger partial charge in [0.1, 0.15) is 12.1 Å². The third-order valence-corrected chi connectivity index (χ3v) is 14.0. The third-order valence-electron chi connectivity index (χ3n) is 12.2. The first kappa shape index (κ1) is 42.4. The fourth-order valence-electron chi connectivity index (χ4n) is 8.69. The average molecular weight is 782 g/mol. The molecule has 1 saturated heterocycles. The maximum Gasteiger partial charge on any atom is 0.315 e. The van der Waals surface area contributed by atoms with Crippen LogP contribution in [0, 0.1) is 29.6 Å². The van der Waals surface area contributed by atoms with Gasteiger partial charge in [0.15, 0.2) is 9.84 Å². The van der Waals surface area contributed by atoms with Crippen LogP contribution >= 0.6 is 0 Å². The lowest BCUT2D eigenvalue weighted by atomic mass is 9.83. The molecule has 3 aliphatic carbocycles. The predicted molar refractivity (Wildman–Crippen MR) is 213 cm³/mol. The van der Waals surface area contributed by atoms with Gasteiger partial charge in [-0.25, -0.2) is 13.2 Å². The SMILES string of the molecule is C=CCNC(=O)C(=O)C(CC1CC1)NC(=O)[C@@H]1CC(C(C)C)CN1C(=O)[C@@H](NC(=O)NC1(CS(=O)(=O)CCC(C)C)CCCCC1)C1Cc2ccccc2C1. The minimum Gasteiger partial charge on any atom is -0.346 e. The zero-order chi connectivity index (χ0) is 39.9. The molecule has 0 spiro atoms. The molecule has 0 aromatic heterocycles. The lowest BCUT2D eigenvalue weighted by Gasteiger charge is -2.39. The Balaban J connectivity index is 1.39. The number of carbonyl (C=O) groups excluding carboxylic acids is 5. The number of rotatable bonds is 18. The molecule has 4 N–H and O–H groups in total. The van der Waals surface area contributed by atoms with E-state index in [9.17, 15) is 32.4 Å². The topological polar surface area (TPSA) is 171 Å². The van der Waals surface area contributed by atoms with E-state index in [0.29, 0.717) is 51.5 Å². The summed E-state index contributed by atoms with van der Waals surface area (Å²) in [5.74, 6) is -2.17. The highest BCUT2D eigenvalue weighted by molar-refractivity contribution is 7.91. The van der Waals surface area contributed by atoms with Crippen LogP contribution in [-0.4, -0.2) is 91.1 Å². The summed E-state index contributed by atoms with van der Waals surface area (Å²) in [6.07, 6.45) is 9.30. The summed E-state index contributed by atoms with van der Waals surface area (Å²) in [4.78, 5) is 70.8. The summed E-state index contributed by atoms with van der Waals surface area (Å²) in [7, 11) is -3.47. The van der Waals surface area contributed by atoms with E-state index >= 15 is 0 Å². The lowest BCUT2D eigenvalue weighted by molar-refractivity contribution is -0.143. The van der Waals surface area contributed by atoms with Gasteiger partial charge in [-0.15, -0.1) is 6.58 Å². The van der Waals surface area contributed by atoms with E-state index < -0.39 is 57.1 Å². The standard InChI is InChI=1S/C42H63N5O7S/c1-6-19-43-39(50)37(48)34(21-29-14-15-29)44-38(49)35-24-33(28(4)5)25-47(35)40(51)36(32-22-30-12-8-9-13-31(30)23-32)45-41(52)46-42(17-10-7-11-18-42)26-55(53,54)20-16-27(2)3/h6,8-9,12-13,27-29,32-36H,1,7,10-11,14-26H2,2-5H3,(H,43,50)(H,44,49)(H2,45,46,52)/t33?,34?,35-,36-/m0/s1. The van der Waals surface area contributed by atoms with Crippen LogP contribution in [0.4, 0.5) is 4.79 Å². The number of nitrogens with one attached hydrogen (secondary N) is 4. The summed E-state index contributed by atoms with van der Waals surface area (Å²) in [6, 6.07) is 4.45. The molecule has 2 unspecified atom stereocenters. The molecular weight excluding hydrogens is 719 g/mol. The van der Waals surface area contributed by atoms with Crippen molar-refractivity contribution in [2.75, 3.05) is 24.6 Å². The zero-order valence-electron chi connectivity index (χ0n) is 33.2. The van der Waals surface area contributed by atoms with Gasteiger partial charge in [-0.3, -0.25) is 19.2 Å². The van der Waals surface area contributed by atoms with Crippen molar-refractivity contribution in [3.63, 3.8) is 0 Å². The monoisotopic (exact) mass is 781 g/mol. The number of Topliss-reactive ketones (excluding diaryl/α,β-unsaturated/α-hetero) is 1. The number of benzene rings is 1. The predicted octanol–water partition coefficient (Wildman–Crippen LogP) is 4.26. The van der Waals surface area contributed by atoms with Crippen LogP contribution in [0.2, 0.25) is 0 Å². The van der Waals surface area contributed by atoms with Crippen LogP contribution in [0.5, 0.6) is 0 Å². The van der Waals surface area contributed by atoms with E-state index in [-0.39, 0.29) is 53.5 Å². The molecule has 13 heteroatoms. The van der Waals surface area contributed by atoms with E-state index in [1.165, 1.54) is 6.08 Å². The first-order valence-corrected chi connectivity index (χ1v) is 22.3. The van der Waals surface area contributed by atoms with Gasteiger partial charge in [0.2, 0.25) is 17.6 Å². The Kier molecular flexibility index (Phi) is 14.2. The average Bonchev–Trinajstić information content (AvgIpc) is 3.66. The Morgan fingerprint density at radius 2 is 1.60 bits per heavy atom. The van der Waals surface area contributed by atoms with E-state index in [1.807, 2.05) is 52.0 Å². The maximum absolute atomic E-state index is 15.0. The fourth-order valence-corrected chi connectivity index (χ4v) is 10.9. The summed E-state index contributed by atoms with van der Waals surface area (Å²) < 4.78 is 26.7. The number of carbonyl (C=O) groups is 5. The van der Waals surface area contributed by atoms with Crippen molar-refractivity contribution in [3.05, 3.63) is 48.0 Å². The lowest BCUT2D eigenvalue weighted by Crippen LogP contribution is -2.62. The van der Waals surface area contributed by atoms with Crippen LogP contribution in [0.3, 0.4) is 0 Å². The fraction of sp³-hybridized carbons (Fsp3) is 0.690. The van der Waals surface area contributed by atoms with Gasteiger partial charge in [-0.05, 0) is 85.7 Å². The van der Waals surface area contributed by atoms with Gasteiger partial charge < -0.3 is 26.2 Å². The van der Waals surface area contributed by atoms with Crippen LogP contribution < -0.4 is 21.3 Å². The molecular formula is C42H63N5O7S. The molecule has 304 valence electrons. The molecule has 1 heterocycles. The second-order valence-corrected chi connectivity index (χ2v) is 19.7. The summed E-state index contributed by atoms with van der Waals surface area (Å²) in [6.45, 7) is 12.1. The van der Waals surface area contributed by atoms with Crippen LogP contribution in [0.1, 0.15) is 103 Å². The molecule has 1 aromatic carbocycles. The van der Waals surface area contributed by atoms with E-state index in [2.05, 4.69) is 27.8 Å². The number of hydrogen-bond donors (Lipinski definition) is 4. The smallest absolute Gasteiger partial charge is 0.315 e. The minimum atomic E-state index is -3.47. The zero-order valence-corrected chi connectivity index (χ0v) is 34.1. The highest BCUT2D eigenvalue weighted by Gasteiger charge is 2.47. The van der Waals surface area contributed by atoms with Crippen LogP contribution in [0.15, 0.2) is 36.9 Å². The molecule has 2 saturated carbocycles. The molecule has 55 heavy (non-hydrogen) atoms. The van der Waals surface area contributed by atoms with E-state index in [0.717, 1.165) is 43.2 Å². The number of ketones is 1. The Labute approximate surface area is 327 Å². The number of nitrogens with zero attached hydrogens (tertiary/aromatic N) is 1. The summed E-state index contributed by atoms with van der Waals surface area (Å²) in [5, 5.41) is 11.5. The molecule has 5 amide bonds. The number of amides is 5. The number of urea groups is 1. The Morgan fingerprint density at radius 1 is 0.945 bits per heavy atom.